The van der Waals surface area contributed by atoms with Gasteiger partial charge in [-0.25, -0.2) is 0 Å². The van der Waals surface area contributed by atoms with Gasteiger partial charge in [-0.1, -0.05) is 31.0 Å². The van der Waals surface area contributed by atoms with Gasteiger partial charge in [0, 0.05) is 11.4 Å². The topological polar surface area (TPSA) is 29.5 Å². The first kappa shape index (κ1) is 15.4. The highest BCUT2D eigenvalue weighted by atomic mass is 32.2. The zero-order chi connectivity index (χ0) is 14.4. The first-order valence-corrected chi connectivity index (χ1v) is 8.00. The Kier molecular flexibility index (Phi) is 5.49. The molecule has 0 atom stereocenters. The highest BCUT2D eigenvalue weighted by Gasteiger charge is 2.43. The van der Waals surface area contributed by atoms with Crippen LogP contribution in [-0.4, -0.2) is 42.9 Å². The maximum Gasteiger partial charge on any atom is 0.322 e. The van der Waals surface area contributed by atoms with Gasteiger partial charge in [0.25, 0.3) is 0 Å². The number of carbonyl (C=O) groups is 1. The molecule has 0 aromatic heterocycles. The van der Waals surface area contributed by atoms with E-state index in [2.05, 4.69) is 12.1 Å². The number of hydrogen-bond acceptors (Lipinski definition) is 4. The number of likely N-dealkylation sites (N-methyl/N-ethyl adjacent to an activating group) is 1. The molecular weight excluding hydrogens is 270 g/mol. The fraction of sp³-hybridized carbons (Fsp3) is 0.562. The standard InChI is InChI=1S/C16H23NO2S/c1-17(2)12-13-19-15(18)16(10-6-7-11-16)20-14-8-4-3-5-9-14/h3-5,8-9H,6-7,10-13H2,1-2H3. The van der Waals surface area contributed by atoms with Gasteiger partial charge in [0.2, 0.25) is 0 Å². The van der Waals surface area contributed by atoms with E-state index in [4.69, 9.17) is 4.74 Å². The van der Waals surface area contributed by atoms with Crippen LogP contribution in [0.3, 0.4) is 0 Å². The predicted octanol–water partition coefficient (Wildman–Crippen LogP) is 3.20. The van der Waals surface area contributed by atoms with Crippen LogP contribution < -0.4 is 0 Å². The second-order valence-electron chi connectivity index (χ2n) is 5.56. The van der Waals surface area contributed by atoms with Crippen molar-refractivity contribution in [1.82, 2.24) is 4.90 Å². The summed E-state index contributed by atoms with van der Waals surface area (Å²) in [6.07, 6.45) is 4.08. The third-order valence-corrected chi connectivity index (χ3v) is 5.08. The van der Waals surface area contributed by atoms with Crippen molar-refractivity contribution in [2.45, 2.75) is 35.3 Å². The third kappa shape index (κ3) is 4.00. The first-order chi connectivity index (χ1) is 9.62. The molecular formula is C16H23NO2S. The van der Waals surface area contributed by atoms with Crippen LogP contribution in [0.25, 0.3) is 0 Å². The number of carbonyl (C=O) groups excluding carboxylic acids is 1. The second kappa shape index (κ2) is 7.14. The van der Waals surface area contributed by atoms with Gasteiger partial charge in [-0.05, 0) is 39.1 Å². The van der Waals surface area contributed by atoms with Crippen molar-refractivity contribution in [3.63, 3.8) is 0 Å². The average Bonchev–Trinajstić information content (AvgIpc) is 2.89. The molecule has 0 amide bonds. The minimum atomic E-state index is -0.367. The minimum Gasteiger partial charge on any atom is -0.463 e. The molecule has 1 aromatic carbocycles. The molecule has 1 aliphatic carbocycles. The van der Waals surface area contributed by atoms with Crippen LogP contribution in [-0.2, 0) is 9.53 Å². The lowest BCUT2D eigenvalue weighted by molar-refractivity contribution is -0.146. The summed E-state index contributed by atoms with van der Waals surface area (Å²) < 4.78 is 5.14. The van der Waals surface area contributed by atoms with Crippen LogP contribution in [0.15, 0.2) is 35.2 Å². The predicted molar refractivity (Wildman–Crippen MR) is 83.0 cm³/mol. The summed E-state index contributed by atoms with van der Waals surface area (Å²) in [5, 5.41) is 0. The van der Waals surface area contributed by atoms with E-state index in [1.165, 1.54) is 0 Å². The summed E-state index contributed by atoms with van der Waals surface area (Å²) in [5.41, 5.74) is 0. The van der Waals surface area contributed by atoms with E-state index in [9.17, 15) is 4.79 Å². The summed E-state index contributed by atoms with van der Waals surface area (Å²) in [5.74, 6) is -0.0364. The van der Waals surface area contributed by atoms with Crippen LogP contribution in [0.2, 0.25) is 0 Å². The van der Waals surface area contributed by atoms with Crippen LogP contribution in [0.5, 0.6) is 0 Å². The van der Waals surface area contributed by atoms with E-state index in [-0.39, 0.29) is 10.7 Å². The van der Waals surface area contributed by atoms with E-state index < -0.39 is 0 Å². The first-order valence-electron chi connectivity index (χ1n) is 7.18. The van der Waals surface area contributed by atoms with Gasteiger partial charge in [0.05, 0.1) is 0 Å². The second-order valence-corrected chi connectivity index (χ2v) is 7.01. The van der Waals surface area contributed by atoms with Gasteiger partial charge in [-0.15, -0.1) is 11.8 Å². The highest BCUT2D eigenvalue weighted by molar-refractivity contribution is 8.01. The van der Waals surface area contributed by atoms with Gasteiger partial charge in [-0.2, -0.15) is 0 Å². The molecule has 1 saturated carbocycles. The molecule has 0 saturated heterocycles. The van der Waals surface area contributed by atoms with Gasteiger partial charge in [-0.3, -0.25) is 4.79 Å². The number of esters is 1. The van der Waals surface area contributed by atoms with E-state index >= 15 is 0 Å². The molecule has 0 spiro atoms. The monoisotopic (exact) mass is 293 g/mol. The van der Waals surface area contributed by atoms with Crippen molar-refractivity contribution >= 4 is 17.7 Å². The molecule has 1 aromatic rings. The number of ether oxygens (including phenoxy) is 1. The molecule has 0 bridgehead atoms. The molecule has 3 nitrogen and oxygen atoms in total. The lowest BCUT2D eigenvalue weighted by Gasteiger charge is -2.26. The fourth-order valence-electron chi connectivity index (χ4n) is 2.46. The van der Waals surface area contributed by atoms with Crippen molar-refractivity contribution in [1.29, 1.82) is 0 Å². The average molecular weight is 293 g/mol. The van der Waals surface area contributed by atoms with E-state index in [1.807, 2.05) is 37.2 Å². The van der Waals surface area contributed by atoms with Crippen LogP contribution in [0.4, 0.5) is 0 Å². The van der Waals surface area contributed by atoms with Crippen molar-refractivity contribution in [3.05, 3.63) is 30.3 Å². The number of hydrogen-bond donors (Lipinski definition) is 0. The Labute approximate surface area is 125 Å². The Morgan fingerprint density at radius 2 is 1.90 bits per heavy atom. The third-order valence-electron chi connectivity index (χ3n) is 3.61. The quantitative estimate of drug-likeness (QED) is 0.753. The molecule has 1 fully saturated rings. The molecule has 4 heteroatoms. The normalized spacial score (nSPS) is 17.4. The van der Waals surface area contributed by atoms with Crippen LogP contribution in [0.1, 0.15) is 25.7 Å². The molecule has 110 valence electrons. The maximum absolute atomic E-state index is 12.5. The molecule has 2 rings (SSSR count). The summed E-state index contributed by atoms with van der Waals surface area (Å²) in [6.45, 7) is 1.25. The molecule has 0 heterocycles. The summed E-state index contributed by atoms with van der Waals surface area (Å²) >= 11 is 1.68. The van der Waals surface area contributed by atoms with Crippen molar-refractivity contribution in [2.24, 2.45) is 0 Å². The Morgan fingerprint density at radius 3 is 2.50 bits per heavy atom. The van der Waals surface area contributed by atoms with Crippen molar-refractivity contribution < 1.29 is 9.53 Å². The Hall–Kier alpha value is -1.00. The maximum atomic E-state index is 12.5. The zero-order valence-corrected chi connectivity index (χ0v) is 13.1. The summed E-state index contributed by atoms with van der Waals surface area (Å²) in [6, 6.07) is 10.2. The SMILES string of the molecule is CN(C)CCOC(=O)C1(Sc2ccccc2)CCCC1. The summed E-state index contributed by atoms with van der Waals surface area (Å²) in [7, 11) is 3.97. The molecule has 0 aliphatic heterocycles. The van der Waals surface area contributed by atoms with Gasteiger partial charge in [0.1, 0.15) is 11.4 Å². The summed E-state index contributed by atoms with van der Waals surface area (Å²) in [4.78, 5) is 15.7. The Morgan fingerprint density at radius 1 is 1.25 bits per heavy atom. The van der Waals surface area contributed by atoms with Crippen LogP contribution in [0, 0.1) is 0 Å². The van der Waals surface area contributed by atoms with Gasteiger partial charge in [0.15, 0.2) is 0 Å². The van der Waals surface area contributed by atoms with Crippen molar-refractivity contribution in [2.75, 3.05) is 27.2 Å². The number of benzene rings is 1. The van der Waals surface area contributed by atoms with Crippen molar-refractivity contribution in [3.8, 4) is 0 Å². The van der Waals surface area contributed by atoms with E-state index in [0.29, 0.717) is 6.61 Å². The molecule has 1 aliphatic rings. The lowest BCUT2D eigenvalue weighted by atomic mass is 10.1. The molecule has 0 unspecified atom stereocenters. The highest BCUT2D eigenvalue weighted by Crippen LogP contribution is 2.46. The largest absolute Gasteiger partial charge is 0.463 e. The lowest BCUT2D eigenvalue weighted by Crippen LogP contribution is -2.35. The number of thioether (sulfide) groups is 1. The van der Waals surface area contributed by atoms with Crippen LogP contribution >= 0.6 is 11.8 Å². The fourth-order valence-corrected chi connectivity index (χ4v) is 3.84. The number of nitrogens with zero attached hydrogens (tertiary/aromatic N) is 1. The van der Waals surface area contributed by atoms with Gasteiger partial charge >= 0.3 is 5.97 Å². The Bertz CT molecular complexity index is 427. The minimum absolute atomic E-state index is 0.0364. The molecule has 0 N–H and O–H groups in total. The van der Waals surface area contributed by atoms with Gasteiger partial charge < -0.3 is 9.64 Å². The van der Waals surface area contributed by atoms with E-state index in [1.54, 1.807) is 11.8 Å². The molecule has 0 radical (unpaired) electrons. The smallest absolute Gasteiger partial charge is 0.322 e. The molecule has 20 heavy (non-hydrogen) atoms. The Balaban J connectivity index is 2.00. The van der Waals surface area contributed by atoms with E-state index in [0.717, 1.165) is 37.1 Å². The number of rotatable bonds is 6. The zero-order valence-electron chi connectivity index (χ0n) is 12.3.